The van der Waals surface area contributed by atoms with Crippen LogP contribution in [0.3, 0.4) is 0 Å². The molecule has 2 aromatic carbocycles. The zero-order chi connectivity index (χ0) is 19.8. The molecule has 0 N–H and O–H groups in total. The van der Waals surface area contributed by atoms with Gasteiger partial charge in [0.25, 0.3) is 0 Å². The molecule has 1 fully saturated rings. The Labute approximate surface area is 178 Å². The van der Waals surface area contributed by atoms with Crippen LogP contribution < -0.4 is 0 Å². The number of halogens is 2. The third-order valence-electron chi connectivity index (χ3n) is 5.61. The third-order valence-corrected chi connectivity index (χ3v) is 7.91. The van der Waals surface area contributed by atoms with Crippen molar-refractivity contribution in [3.8, 4) is 0 Å². The summed E-state index contributed by atoms with van der Waals surface area (Å²) in [4.78, 5) is 15.7. The molecule has 0 bridgehead atoms. The molecular formula is C21H22Cl2N2O2S. The maximum absolute atomic E-state index is 13.1. The van der Waals surface area contributed by atoms with Gasteiger partial charge in [-0.15, -0.1) is 0 Å². The summed E-state index contributed by atoms with van der Waals surface area (Å²) in [6.45, 7) is 4.20. The number of benzene rings is 2. The van der Waals surface area contributed by atoms with Crippen molar-refractivity contribution in [1.82, 2.24) is 9.21 Å². The van der Waals surface area contributed by atoms with Gasteiger partial charge in [0.05, 0.1) is 17.4 Å². The fourth-order valence-electron chi connectivity index (χ4n) is 4.03. The Balaban J connectivity index is 1.58. The number of hydrogen-bond donors (Lipinski definition) is 0. The molecule has 28 heavy (non-hydrogen) atoms. The van der Waals surface area contributed by atoms with Crippen LogP contribution in [0.15, 0.2) is 41.3 Å². The summed E-state index contributed by atoms with van der Waals surface area (Å²) in [5.41, 5.74) is 2.74. The van der Waals surface area contributed by atoms with Crippen molar-refractivity contribution in [2.24, 2.45) is 0 Å². The van der Waals surface area contributed by atoms with Crippen molar-refractivity contribution >= 4 is 40.1 Å². The van der Waals surface area contributed by atoms with Gasteiger partial charge in [-0.05, 0) is 54.7 Å². The van der Waals surface area contributed by atoms with E-state index in [9.17, 15) is 9.00 Å². The van der Waals surface area contributed by atoms with Crippen molar-refractivity contribution < 1.29 is 9.00 Å². The van der Waals surface area contributed by atoms with Gasteiger partial charge in [0.2, 0.25) is 5.91 Å². The average Bonchev–Trinajstić information content (AvgIpc) is 3.33. The second-order valence-corrected chi connectivity index (χ2v) is 9.55. The summed E-state index contributed by atoms with van der Waals surface area (Å²) in [7, 11) is -1.18. The van der Waals surface area contributed by atoms with Crippen LogP contribution in [0.2, 0.25) is 10.0 Å². The number of rotatable bonds is 4. The molecule has 148 valence electrons. The lowest BCUT2D eigenvalue weighted by Crippen LogP contribution is -2.30. The molecule has 2 atom stereocenters. The lowest BCUT2D eigenvalue weighted by atomic mass is 10.1. The van der Waals surface area contributed by atoms with Crippen LogP contribution in [0, 0.1) is 0 Å². The fraction of sp³-hybridized carbons (Fsp3) is 0.381. The molecule has 2 heterocycles. The van der Waals surface area contributed by atoms with E-state index >= 15 is 0 Å². The Hall–Kier alpha value is -1.40. The highest BCUT2D eigenvalue weighted by Gasteiger charge is 2.34. The van der Waals surface area contributed by atoms with E-state index in [4.69, 9.17) is 23.2 Å². The number of nitrogens with zero attached hydrogens (tertiary/aromatic N) is 2. The zero-order valence-electron chi connectivity index (χ0n) is 15.7. The van der Waals surface area contributed by atoms with Gasteiger partial charge < -0.3 is 4.90 Å². The molecule has 1 saturated heterocycles. The van der Waals surface area contributed by atoms with E-state index in [2.05, 4.69) is 0 Å². The Morgan fingerprint density at radius 1 is 1.11 bits per heavy atom. The van der Waals surface area contributed by atoms with E-state index in [1.165, 1.54) is 0 Å². The quantitative estimate of drug-likeness (QED) is 0.692. The molecular weight excluding hydrogens is 415 g/mol. The minimum Gasteiger partial charge on any atom is -0.331 e. The van der Waals surface area contributed by atoms with Gasteiger partial charge in [0.15, 0.2) is 0 Å². The SMILES string of the molecule is CC1c2cccc(S(=O)N3CCCC3)c2CN1C(=O)Cc1c(Cl)cccc1Cl. The van der Waals surface area contributed by atoms with E-state index in [0.717, 1.165) is 42.0 Å². The minimum atomic E-state index is -1.18. The topological polar surface area (TPSA) is 40.6 Å². The van der Waals surface area contributed by atoms with Crippen molar-refractivity contribution in [2.45, 2.75) is 43.7 Å². The lowest BCUT2D eigenvalue weighted by molar-refractivity contribution is -0.132. The van der Waals surface area contributed by atoms with Gasteiger partial charge in [0, 0.05) is 29.7 Å². The summed E-state index contributed by atoms with van der Waals surface area (Å²) in [6, 6.07) is 11.1. The molecule has 0 spiro atoms. The maximum atomic E-state index is 13.1. The summed E-state index contributed by atoms with van der Waals surface area (Å²) >= 11 is 12.5. The maximum Gasteiger partial charge on any atom is 0.227 e. The second kappa shape index (κ2) is 8.15. The highest BCUT2D eigenvalue weighted by molar-refractivity contribution is 7.82. The third kappa shape index (κ3) is 3.61. The first-order chi connectivity index (χ1) is 13.5. The van der Waals surface area contributed by atoms with Crippen LogP contribution in [-0.4, -0.2) is 32.4 Å². The van der Waals surface area contributed by atoms with Crippen LogP contribution in [0.25, 0.3) is 0 Å². The Morgan fingerprint density at radius 2 is 1.75 bits per heavy atom. The number of carbonyl (C=O) groups is 1. The summed E-state index contributed by atoms with van der Waals surface area (Å²) in [5.74, 6) is -0.0309. The Bertz CT molecular complexity index is 924. The second-order valence-electron chi connectivity index (χ2n) is 7.28. The summed E-state index contributed by atoms with van der Waals surface area (Å²) in [5, 5.41) is 1.00. The first-order valence-electron chi connectivity index (χ1n) is 9.48. The van der Waals surface area contributed by atoms with Crippen molar-refractivity contribution in [3.05, 3.63) is 63.1 Å². The smallest absolute Gasteiger partial charge is 0.227 e. The largest absolute Gasteiger partial charge is 0.331 e. The molecule has 1 amide bonds. The van der Waals surface area contributed by atoms with E-state index in [-0.39, 0.29) is 18.4 Å². The Morgan fingerprint density at radius 3 is 2.43 bits per heavy atom. The summed E-state index contributed by atoms with van der Waals surface area (Å²) in [6.07, 6.45) is 2.32. The molecule has 2 aromatic rings. The Kier molecular flexibility index (Phi) is 5.79. The van der Waals surface area contributed by atoms with Crippen LogP contribution in [-0.2, 0) is 28.7 Å². The monoisotopic (exact) mass is 436 g/mol. The fourth-order valence-corrected chi connectivity index (χ4v) is 6.02. The lowest BCUT2D eigenvalue weighted by Gasteiger charge is -2.22. The molecule has 2 aliphatic heterocycles. The predicted octanol–water partition coefficient (Wildman–Crippen LogP) is 4.76. The standard InChI is InChI=1S/C21H22Cl2N2O2S/c1-14-15-6-4-9-20(28(27)24-10-2-3-11-24)17(15)13-25(14)21(26)12-16-18(22)7-5-8-19(16)23/h4-9,14H,2-3,10-13H2,1H3. The molecule has 2 unspecified atom stereocenters. The van der Waals surface area contributed by atoms with E-state index in [1.54, 1.807) is 18.2 Å². The predicted molar refractivity (Wildman–Crippen MR) is 113 cm³/mol. The number of carbonyl (C=O) groups excluding carboxylic acids is 1. The van der Waals surface area contributed by atoms with Gasteiger partial charge in [-0.2, -0.15) is 0 Å². The molecule has 0 aliphatic carbocycles. The van der Waals surface area contributed by atoms with Crippen LogP contribution >= 0.6 is 23.2 Å². The van der Waals surface area contributed by atoms with Crippen molar-refractivity contribution in [1.29, 1.82) is 0 Å². The van der Waals surface area contributed by atoms with Crippen molar-refractivity contribution in [2.75, 3.05) is 13.1 Å². The molecule has 2 aliphatic rings. The molecule has 4 rings (SSSR count). The van der Waals surface area contributed by atoms with Crippen molar-refractivity contribution in [3.63, 3.8) is 0 Å². The first-order valence-corrected chi connectivity index (χ1v) is 11.3. The van der Waals surface area contributed by atoms with Gasteiger partial charge in [-0.3, -0.25) is 4.79 Å². The number of amides is 1. The molecule has 0 aromatic heterocycles. The first kappa shape index (κ1) is 19.9. The number of fused-ring (bicyclic) bond motifs is 1. The van der Waals surface area contributed by atoms with E-state index < -0.39 is 11.0 Å². The zero-order valence-corrected chi connectivity index (χ0v) is 18.0. The highest BCUT2D eigenvalue weighted by atomic mass is 35.5. The van der Waals surface area contributed by atoms with E-state index in [1.807, 2.05) is 34.3 Å². The van der Waals surface area contributed by atoms with Crippen LogP contribution in [0.5, 0.6) is 0 Å². The van der Waals surface area contributed by atoms with E-state index in [0.29, 0.717) is 22.2 Å². The summed E-state index contributed by atoms with van der Waals surface area (Å²) < 4.78 is 15.1. The molecule has 0 saturated carbocycles. The molecule has 0 radical (unpaired) electrons. The minimum absolute atomic E-state index is 0.0309. The highest BCUT2D eigenvalue weighted by Crippen LogP contribution is 2.38. The van der Waals surface area contributed by atoms with Crippen LogP contribution in [0.1, 0.15) is 42.5 Å². The average molecular weight is 437 g/mol. The van der Waals surface area contributed by atoms with Gasteiger partial charge >= 0.3 is 0 Å². The molecule has 4 nitrogen and oxygen atoms in total. The van der Waals surface area contributed by atoms with Gasteiger partial charge in [-0.25, -0.2) is 8.51 Å². The molecule has 7 heteroatoms. The number of hydrogen-bond acceptors (Lipinski definition) is 2. The van der Waals surface area contributed by atoms with Crippen LogP contribution in [0.4, 0.5) is 0 Å². The van der Waals surface area contributed by atoms with Gasteiger partial charge in [0.1, 0.15) is 11.0 Å². The normalized spacial score (nSPS) is 20.4. The van der Waals surface area contributed by atoms with Gasteiger partial charge in [-0.1, -0.05) is 41.4 Å².